The molecule has 1 aliphatic rings. The van der Waals surface area contributed by atoms with Crippen molar-refractivity contribution in [2.45, 2.75) is 25.3 Å². The van der Waals surface area contributed by atoms with E-state index < -0.39 is 5.54 Å². The Balaban J connectivity index is 1.84. The Morgan fingerprint density at radius 3 is 2.90 bits per heavy atom. The highest BCUT2D eigenvalue weighted by Gasteiger charge is 2.34. The third kappa shape index (κ3) is 2.64. The Morgan fingerprint density at radius 1 is 1.48 bits per heavy atom. The van der Waals surface area contributed by atoms with Gasteiger partial charge in [-0.2, -0.15) is 0 Å². The first-order valence-corrected chi connectivity index (χ1v) is 7.09. The van der Waals surface area contributed by atoms with Crippen LogP contribution < -0.4 is 5.32 Å². The molecule has 2 N–H and O–H groups in total. The normalized spacial score (nSPS) is 17.8. The molecule has 112 valence electrons. The zero-order valence-electron chi connectivity index (χ0n) is 12.0. The highest BCUT2D eigenvalue weighted by atomic mass is 16.5. The summed E-state index contributed by atoms with van der Waals surface area (Å²) in [6.07, 6.45) is 2.95. The molecule has 0 spiro atoms. The number of pyridine rings is 1. The number of ether oxygens (including phenoxy) is 1. The van der Waals surface area contributed by atoms with Gasteiger partial charge in [-0.3, -0.25) is 4.79 Å². The second-order valence-corrected chi connectivity index (χ2v) is 5.53. The number of carbonyl (C=O) groups excluding carboxylic acids is 1. The van der Waals surface area contributed by atoms with E-state index in [1.165, 1.54) is 0 Å². The maximum Gasteiger partial charge on any atom is 0.272 e. The molecule has 3 heterocycles. The highest BCUT2D eigenvalue weighted by molar-refractivity contribution is 5.93. The van der Waals surface area contributed by atoms with Crippen LogP contribution in [0.5, 0.6) is 0 Å². The van der Waals surface area contributed by atoms with Crippen molar-refractivity contribution in [1.29, 1.82) is 0 Å². The van der Waals surface area contributed by atoms with E-state index in [0.717, 1.165) is 11.3 Å². The van der Waals surface area contributed by atoms with E-state index >= 15 is 0 Å². The number of rotatable bonds is 3. The molecule has 0 bridgehead atoms. The maximum absolute atomic E-state index is 12.4. The largest absolute Gasteiger partial charge is 0.394 e. The molecule has 1 fully saturated rings. The van der Waals surface area contributed by atoms with Gasteiger partial charge in [-0.15, -0.1) is 0 Å². The lowest BCUT2D eigenvalue weighted by Gasteiger charge is -2.36. The minimum Gasteiger partial charge on any atom is -0.394 e. The van der Waals surface area contributed by atoms with Crippen LogP contribution in [0.1, 0.15) is 29.0 Å². The summed E-state index contributed by atoms with van der Waals surface area (Å²) in [4.78, 5) is 16.8. The van der Waals surface area contributed by atoms with E-state index in [-0.39, 0.29) is 12.5 Å². The van der Waals surface area contributed by atoms with Gasteiger partial charge < -0.3 is 19.6 Å². The van der Waals surface area contributed by atoms with Crippen molar-refractivity contribution < 1.29 is 14.6 Å². The van der Waals surface area contributed by atoms with E-state index in [2.05, 4.69) is 10.3 Å². The number of hydrogen-bond acceptors (Lipinski definition) is 4. The smallest absolute Gasteiger partial charge is 0.272 e. The first kappa shape index (κ1) is 14.0. The van der Waals surface area contributed by atoms with Gasteiger partial charge in [0.15, 0.2) is 0 Å². The van der Waals surface area contributed by atoms with Crippen LogP contribution in [-0.4, -0.2) is 45.8 Å². The summed E-state index contributed by atoms with van der Waals surface area (Å²) in [5.74, 6) is -0.256. The molecule has 6 heteroatoms. The molecular weight excluding hydrogens is 270 g/mol. The van der Waals surface area contributed by atoms with Crippen LogP contribution in [0.4, 0.5) is 0 Å². The predicted octanol–water partition coefficient (Wildman–Crippen LogP) is 0.914. The standard InChI is InChI=1S/C15H19N3O3/c1-11-3-2-4-13-16-12(9-18(11)13)14(20)17-15(10-19)5-7-21-8-6-15/h2-4,9,19H,5-8,10H2,1H3,(H,17,20). The van der Waals surface area contributed by atoms with Crippen LogP contribution in [0, 0.1) is 6.92 Å². The number of aliphatic hydroxyl groups excluding tert-OH is 1. The lowest BCUT2D eigenvalue weighted by Crippen LogP contribution is -2.54. The van der Waals surface area contributed by atoms with E-state index in [1.54, 1.807) is 6.20 Å². The van der Waals surface area contributed by atoms with Gasteiger partial charge in [-0.05, 0) is 31.9 Å². The molecule has 1 aliphatic heterocycles. The summed E-state index contributed by atoms with van der Waals surface area (Å²) < 4.78 is 7.17. The van der Waals surface area contributed by atoms with Crippen molar-refractivity contribution in [3.63, 3.8) is 0 Å². The van der Waals surface area contributed by atoms with Crippen molar-refractivity contribution in [2.24, 2.45) is 0 Å². The van der Waals surface area contributed by atoms with Crippen LogP contribution in [0.15, 0.2) is 24.4 Å². The van der Waals surface area contributed by atoms with E-state index in [4.69, 9.17) is 4.74 Å². The molecule has 2 aromatic rings. The molecular formula is C15H19N3O3. The second-order valence-electron chi connectivity index (χ2n) is 5.53. The third-order valence-corrected chi connectivity index (χ3v) is 4.06. The average Bonchev–Trinajstić information content (AvgIpc) is 2.94. The Kier molecular flexibility index (Phi) is 3.65. The minimum absolute atomic E-state index is 0.0888. The summed E-state index contributed by atoms with van der Waals surface area (Å²) in [7, 11) is 0. The molecule has 0 aromatic carbocycles. The minimum atomic E-state index is -0.597. The van der Waals surface area contributed by atoms with E-state index in [1.807, 2.05) is 29.5 Å². The number of nitrogens with zero attached hydrogens (tertiary/aromatic N) is 2. The van der Waals surface area contributed by atoms with Crippen LogP contribution in [-0.2, 0) is 4.74 Å². The highest BCUT2D eigenvalue weighted by Crippen LogP contribution is 2.21. The summed E-state index contributed by atoms with van der Waals surface area (Å²) >= 11 is 0. The maximum atomic E-state index is 12.4. The Hall–Kier alpha value is -1.92. The summed E-state index contributed by atoms with van der Waals surface area (Å²) in [5, 5.41) is 12.6. The number of hydrogen-bond donors (Lipinski definition) is 2. The fourth-order valence-corrected chi connectivity index (χ4v) is 2.65. The molecule has 0 saturated carbocycles. The number of aromatic nitrogens is 2. The molecule has 0 radical (unpaired) electrons. The van der Waals surface area contributed by atoms with Crippen LogP contribution in [0.3, 0.4) is 0 Å². The van der Waals surface area contributed by atoms with Gasteiger partial charge in [-0.1, -0.05) is 6.07 Å². The molecule has 1 amide bonds. The van der Waals surface area contributed by atoms with Gasteiger partial charge in [0.05, 0.1) is 12.1 Å². The summed E-state index contributed by atoms with van der Waals surface area (Å²) in [6, 6.07) is 5.73. The molecule has 6 nitrogen and oxygen atoms in total. The van der Waals surface area contributed by atoms with Gasteiger partial charge in [0, 0.05) is 25.1 Å². The van der Waals surface area contributed by atoms with E-state index in [9.17, 15) is 9.90 Å². The molecule has 0 aliphatic carbocycles. The number of fused-ring (bicyclic) bond motifs is 1. The molecule has 21 heavy (non-hydrogen) atoms. The zero-order chi connectivity index (χ0) is 14.9. The Labute approximate surface area is 122 Å². The Bertz CT molecular complexity index is 659. The molecule has 1 saturated heterocycles. The fourth-order valence-electron chi connectivity index (χ4n) is 2.65. The topological polar surface area (TPSA) is 75.9 Å². The van der Waals surface area contributed by atoms with Gasteiger partial charge in [-0.25, -0.2) is 4.98 Å². The third-order valence-electron chi connectivity index (χ3n) is 4.06. The van der Waals surface area contributed by atoms with E-state index in [0.29, 0.717) is 31.7 Å². The number of carbonyl (C=O) groups is 1. The second kappa shape index (κ2) is 5.46. The molecule has 0 unspecified atom stereocenters. The quantitative estimate of drug-likeness (QED) is 0.881. The zero-order valence-corrected chi connectivity index (χ0v) is 12.0. The van der Waals surface area contributed by atoms with Crippen LogP contribution in [0.2, 0.25) is 0 Å². The molecule has 3 rings (SSSR count). The first-order chi connectivity index (χ1) is 10.1. The van der Waals surface area contributed by atoms with Gasteiger partial charge in [0.1, 0.15) is 11.3 Å². The van der Waals surface area contributed by atoms with Crippen LogP contribution >= 0.6 is 0 Å². The number of aryl methyl sites for hydroxylation is 1. The predicted molar refractivity (Wildman–Crippen MR) is 77.3 cm³/mol. The lowest BCUT2D eigenvalue weighted by molar-refractivity contribution is 0.0124. The van der Waals surface area contributed by atoms with Gasteiger partial charge in [0.2, 0.25) is 0 Å². The van der Waals surface area contributed by atoms with Crippen LogP contribution in [0.25, 0.3) is 5.65 Å². The average molecular weight is 289 g/mol. The molecule has 2 aromatic heterocycles. The number of nitrogens with one attached hydrogen (secondary N) is 1. The summed E-state index contributed by atoms with van der Waals surface area (Å²) in [6.45, 7) is 2.97. The lowest BCUT2D eigenvalue weighted by atomic mass is 9.91. The monoisotopic (exact) mass is 289 g/mol. The van der Waals surface area contributed by atoms with Crippen molar-refractivity contribution in [1.82, 2.24) is 14.7 Å². The first-order valence-electron chi connectivity index (χ1n) is 7.09. The fraction of sp³-hybridized carbons (Fsp3) is 0.467. The number of aliphatic hydroxyl groups is 1. The summed E-state index contributed by atoms with van der Waals surface area (Å²) in [5.41, 5.74) is 1.52. The van der Waals surface area contributed by atoms with Crippen molar-refractivity contribution in [3.05, 3.63) is 35.8 Å². The van der Waals surface area contributed by atoms with Crippen molar-refractivity contribution in [3.8, 4) is 0 Å². The van der Waals surface area contributed by atoms with Crippen molar-refractivity contribution >= 4 is 11.6 Å². The number of imidazole rings is 1. The molecule has 0 atom stereocenters. The van der Waals surface area contributed by atoms with Crippen molar-refractivity contribution in [2.75, 3.05) is 19.8 Å². The SMILES string of the molecule is Cc1cccc2nc(C(=O)NC3(CO)CCOCC3)cn12. The van der Waals surface area contributed by atoms with Gasteiger partial charge in [0.25, 0.3) is 5.91 Å². The Morgan fingerprint density at radius 2 is 2.24 bits per heavy atom. The number of amides is 1. The van der Waals surface area contributed by atoms with Gasteiger partial charge >= 0.3 is 0 Å².